The van der Waals surface area contributed by atoms with Gasteiger partial charge in [-0.2, -0.15) is 0 Å². The van der Waals surface area contributed by atoms with Gasteiger partial charge in [0.15, 0.2) is 11.5 Å². The smallest absolute Gasteiger partial charge is 0.251 e. The molecule has 1 N–H and O–H groups in total. The van der Waals surface area contributed by atoms with Crippen molar-refractivity contribution in [2.24, 2.45) is 5.41 Å². The van der Waals surface area contributed by atoms with Crippen molar-refractivity contribution >= 4 is 28.6 Å². The largest absolute Gasteiger partial charge is 0.475 e. The highest BCUT2D eigenvalue weighted by atomic mass is 35.5. The van der Waals surface area contributed by atoms with Crippen LogP contribution in [-0.2, 0) is 0 Å². The molecule has 0 radical (unpaired) electrons. The number of hydrogen-bond acceptors (Lipinski definition) is 5. The van der Waals surface area contributed by atoms with Crippen molar-refractivity contribution in [3.8, 4) is 5.88 Å². The van der Waals surface area contributed by atoms with Crippen LogP contribution in [0.3, 0.4) is 0 Å². The number of ether oxygens (including phenoxy) is 1. The first-order chi connectivity index (χ1) is 14.4. The van der Waals surface area contributed by atoms with Gasteiger partial charge in [-0.15, -0.1) is 0 Å². The Morgan fingerprint density at radius 2 is 2.03 bits per heavy atom. The highest BCUT2D eigenvalue weighted by Crippen LogP contribution is 2.61. The monoisotopic (exact) mass is 425 g/mol. The minimum atomic E-state index is -0.0717. The molecule has 2 saturated carbocycles. The average molecular weight is 426 g/mol. The minimum absolute atomic E-state index is 0.0205. The molecule has 1 amide bonds. The van der Waals surface area contributed by atoms with E-state index in [1.807, 2.05) is 32.0 Å². The molecule has 1 aromatic carbocycles. The maximum absolute atomic E-state index is 12.6. The van der Waals surface area contributed by atoms with Gasteiger partial charge in [0.05, 0.1) is 6.10 Å². The number of nitrogens with one attached hydrogen (secondary N) is 1. The molecule has 2 heterocycles. The van der Waals surface area contributed by atoms with E-state index in [4.69, 9.17) is 20.8 Å². The van der Waals surface area contributed by atoms with E-state index in [0.29, 0.717) is 27.8 Å². The lowest BCUT2D eigenvalue weighted by molar-refractivity contribution is -0.0253. The zero-order valence-electron chi connectivity index (χ0n) is 17.0. The van der Waals surface area contributed by atoms with Gasteiger partial charge in [0.1, 0.15) is 5.52 Å². The summed E-state index contributed by atoms with van der Waals surface area (Å²) < 4.78 is 11.5. The van der Waals surface area contributed by atoms with Crippen LogP contribution in [-0.4, -0.2) is 28.0 Å². The highest BCUT2D eigenvalue weighted by molar-refractivity contribution is 6.31. The molecule has 0 atom stereocenters. The van der Waals surface area contributed by atoms with E-state index in [0.717, 1.165) is 42.7 Å². The number of oxazole rings is 1. The fraction of sp³-hybridized carbons (Fsp3) is 0.435. The molecular formula is C23H24ClN3O3. The SMILES string of the molecule is CC(C)Oc1cc(C(=O)NC2CC3(C2)CC(c2nc4cc(Cl)ccc4o2)C3)ccn1. The number of hydrogen-bond donors (Lipinski definition) is 1. The molecule has 0 saturated heterocycles. The van der Waals surface area contributed by atoms with Crippen LogP contribution < -0.4 is 10.1 Å². The first kappa shape index (κ1) is 19.4. The zero-order valence-corrected chi connectivity index (χ0v) is 17.8. The Hall–Kier alpha value is -2.60. The van der Waals surface area contributed by atoms with Crippen LogP contribution in [0.1, 0.15) is 61.7 Å². The molecule has 3 aromatic rings. The van der Waals surface area contributed by atoms with Crippen molar-refractivity contribution in [1.29, 1.82) is 0 Å². The lowest BCUT2D eigenvalue weighted by Gasteiger charge is -2.57. The van der Waals surface area contributed by atoms with E-state index >= 15 is 0 Å². The number of aromatic nitrogens is 2. The second kappa shape index (κ2) is 7.27. The molecule has 5 rings (SSSR count). The summed E-state index contributed by atoms with van der Waals surface area (Å²) in [6.07, 6.45) is 5.75. The summed E-state index contributed by atoms with van der Waals surface area (Å²) >= 11 is 6.04. The van der Waals surface area contributed by atoms with E-state index in [2.05, 4.69) is 15.3 Å². The summed E-state index contributed by atoms with van der Waals surface area (Å²) in [4.78, 5) is 21.4. The van der Waals surface area contributed by atoms with Gasteiger partial charge >= 0.3 is 0 Å². The first-order valence-corrected chi connectivity index (χ1v) is 10.8. The van der Waals surface area contributed by atoms with E-state index < -0.39 is 0 Å². The number of pyridine rings is 1. The van der Waals surface area contributed by atoms with Crippen LogP contribution in [0.4, 0.5) is 0 Å². The minimum Gasteiger partial charge on any atom is -0.475 e. The van der Waals surface area contributed by atoms with Gasteiger partial charge in [-0.1, -0.05) is 11.6 Å². The van der Waals surface area contributed by atoms with Crippen molar-refractivity contribution < 1.29 is 13.9 Å². The summed E-state index contributed by atoms with van der Waals surface area (Å²) in [5.41, 5.74) is 2.49. The van der Waals surface area contributed by atoms with Crippen LogP contribution in [0, 0.1) is 5.41 Å². The molecule has 2 aliphatic rings. The van der Waals surface area contributed by atoms with Crippen LogP contribution in [0.5, 0.6) is 5.88 Å². The predicted octanol–water partition coefficient (Wildman–Crippen LogP) is 5.12. The molecule has 7 heteroatoms. The number of halogens is 1. The van der Waals surface area contributed by atoms with Crippen molar-refractivity contribution in [2.75, 3.05) is 0 Å². The molecule has 0 bridgehead atoms. The highest BCUT2D eigenvalue weighted by Gasteiger charge is 2.54. The Balaban J connectivity index is 1.15. The number of nitrogens with zero attached hydrogens (tertiary/aromatic N) is 2. The van der Waals surface area contributed by atoms with Crippen LogP contribution in [0.25, 0.3) is 11.1 Å². The molecule has 0 aliphatic heterocycles. The van der Waals surface area contributed by atoms with Gasteiger partial charge in [0, 0.05) is 34.8 Å². The molecule has 1 spiro atoms. The Kier molecular flexibility index (Phi) is 4.69. The molecule has 30 heavy (non-hydrogen) atoms. The van der Waals surface area contributed by atoms with Crippen molar-refractivity contribution in [2.45, 2.75) is 57.6 Å². The molecule has 156 valence electrons. The lowest BCUT2D eigenvalue weighted by atomic mass is 9.50. The lowest BCUT2D eigenvalue weighted by Crippen LogP contribution is -2.55. The summed E-state index contributed by atoms with van der Waals surface area (Å²) in [5, 5.41) is 3.81. The fourth-order valence-electron chi connectivity index (χ4n) is 4.80. The number of amides is 1. The average Bonchev–Trinajstić information content (AvgIpc) is 3.04. The standard InChI is InChI=1S/C23H24ClN3O3/c1-13(2)29-20-7-14(5-6-25-20)21(28)26-17-11-23(12-17)9-15(10-23)22-27-18-8-16(24)3-4-19(18)30-22/h3-8,13,15,17H,9-12H2,1-2H3,(H,26,28). The summed E-state index contributed by atoms with van der Waals surface area (Å²) in [6, 6.07) is 9.15. The number of benzene rings is 1. The third-order valence-electron chi connectivity index (χ3n) is 6.12. The zero-order chi connectivity index (χ0) is 20.9. The number of carbonyl (C=O) groups excluding carboxylic acids is 1. The fourth-order valence-corrected chi connectivity index (χ4v) is 4.97. The van der Waals surface area contributed by atoms with E-state index in [1.54, 1.807) is 18.3 Å². The van der Waals surface area contributed by atoms with Crippen molar-refractivity contribution in [3.05, 3.63) is 53.0 Å². The molecule has 6 nitrogen and oxygen atoms in total. The van der Waals surface area contributed by atoms with Crippen LogP contribution >= 0.6 is 11.6 Å². The van der Waals surface area contributed by atoms with E-state index in [-0.39, 0.29) is 18.1 Å². The van der Waals surface area contributed by atoms with Gasteiger partial charge < -0.3 is 14.5 Å². The molecule has 2 fully saturated rings. The van der Waals surface area contributed by atoms with Gasteiger partial charge in [-0.05, 0) is 69.2 Å². The molecule has 2 aromatic heterocycles. The maximum atomic E-state index is 12.6. The third-order valence-corrected chi connectivity index (χ3v) is 6.36. The molecule has 0 unspecified atom stereocenters. The number of fused-ring (bicyclic) bond motifs is 1. The van der Waals surface area contributed by atoms with Gasteiger partial charge in [0.2, 0.25) is 5.88 Å². The second-order valence-electron chi connectivity index (χ2n) is 8.90. The van der Waals surface area contributed by atoms with Gasteiger partial charge in [-0.25, -0.2) is 9.97 Å². The first-order valence-electron chi connectivity index (χ1n) is 10.4. The van der Waals surface area contributed by atoms with E-state index in [9.17, 15) is 4.79 Å². The summed E-state index contributed by atoms with van der Waals surface area (Å²) in [6.45, 7) is 3.87. The Morgan fingerprint density at radius 3 is 2.80 bits per heavy atom. The Morgan fingerprint density at radius 1 is 1.23 bits per heavy atom. The second-order valence-corrected chi connectivity index (χ2v) is 9.33. The van der Waals surface area contributed by atoms with Crippen molar-refractivity contribution in [1.82, 2.24) is 15.3 Å². The van der Waals surface area contributed by atoms with Gasteiger partial charge in [0.25, 0.3) is 5.91 Å². The number of carbonyl (C=O) groups is 1. The predicted molar refractivity (Wildman–Crippen MR) is 114 cm³/mol. The third kappa shape index (κ3) is 3.65. The van der Waals surface area contributed by atoms with Gasteiger partial charge in [-0.3, -0.25) is 4.79 Å². The normalized spacial score (nSPS) is 25.2. The quantitative estimate of drug-likeness (QED) is 0.613. The molecule has 2 aliphatic carbocycles. The number of rotatable bonds is 5. The Bertz CT molecular complexity index is 1100. The van der Waals surface area contributed by atoms with Crippen molar-refractivity contribution in [3.63, 3.8) is 0 Å². The summed E-state index contributed by atoms with van der Waals surface area (Å²) in [7, 11) is 0. The van der Waals surface area contributed by atoms with E-state index in [1.165, 1.54) is 0 Å². The Labute approximate surface area is 180 Å². The van der Waals surface area contributed by atoms with Crippen LogP contribution in [0.2, 0.25) is 5.02 Å². The van der Waals surface area contributed by atoms with Crippen LogP contribution in [0.15, 0.2) is 40.9 Å². The maximum Gasteiger partial charge on any atom is 0.251 e. The topological polar surface area (TPSA) is 77.2 Å². The summed E-state index contributed by atoms with van der Waals surface area (Å²) in [5.74, 6) is 1.56. The molecular weight excluding hydrogens is 402 g/mol.